The van der Waals surface area contributed by atoms with Crippen LogP contribution in [0.3, 0.4) is 0 Å². The lowest BCUT2D eigenvalue weighted by Gasteiger charge is -2.18. The van der Waals surface area contributed by atoms with Crippen molar-refractivity contribution in [3.8, 4) is 22.9 Å². The average molecular weight is 337 g/mol. The number of anilines is 1. The maximum Gasteiger partial charge on any atom is 0.418 e. The van der Waals surface area contributed by atoms with Crippen molar-refractivity contribution in [2.75, 3.05) is 5.32 Å². The number of phenols is 1. The second-order valence-electron chi connectivity index (χ2n) is 4.67. The zero-order chi connectivity index (χ0) is 18.1. The topological polar surface area (TPSA) is 99.2 Å². The van der Waals surface area contributed by atoms with Gasteiger partial charge in [0.05, 0.1) is 29.1 Å². The third-order valence-corrected chi connectivity index (χ3v) is 3.17. The minimum Gasteiger partial charge on any atom is -0.505 e. The van der Waals surface area contributed by atoms with Crippen LogP contribution in [0.15, 0.2) is 29.4 Å². The Bertz CT molecular complexity index is 863. The van der Waals surface area contributed by atoms with E-state index in [4.69, 9.17) is 9.78 Å². The smallest absolute Gasteiger partial charge is 0.418 e. The van der Waals surface area contributed by atoms with Crippen LogP contribution in [0, 0.1) is 18.3 Å². The highest BCUT2D eigenvalue weighted by Crippen LogP contribution is 2.47. The molecule has 0 saturated heterocycles. The van der Waals surface area contributed by atoms with Crippen molar-refractivity contribution in [2.45, 2.75) is 13.1 Å². The van der Waals surface area contributed by atoms with Gasteiger partial charge >= 0.3 is 6.18 Å². The third-order valence-electron chi connectivity index (χ3n) is 3.17. The van der Waals surface area contributed by atoms with Gasteiger partial charge in [-0.1, -0.05) is 11.7 Å². The molecule has 0 atom stereocenters. The summed E-state index contributed by atoms with van der Waals surface area (Å²) in [6.07, 6.45) is -3.07. The summed E-state index contributed by atoms with van der Waals surface area (Å²) < 4.78 is 45.1. The molecule has 124 valence electrons. The molecule has 0 radical (unpaired) electrons. The Kier molecular flexibility index (Phi) is 4.33. The lowest BCUT2D eigenvalue weighted by atomic mass is 9.93. The number of aromatic hydroxyl groups is 1. The first-order valence-electron chi connectivity index (χ1n) is 6.43. The molecular formula is C15H10F3N3O3. The van der Waals surface area contributed by atoms with E-state index < -0.39 is 34.5 Å². The number of amides is 1. The first-order valence-corrected chi connectivity index (χ1v) is 6.43. The number of rotatable bonds is 3. The number of carbonyl (C=O) groups excluding carboxylic acids is 1. The number of benzene rings is 1. The van der Waals surface area contributed by atoms with Crippen LogP contribution >= 0.6 is 0 Å². The maximum atomic E-state index is 13.4. The number of aromatic nitrogens is 1. The second kappa shape index (κ2) is 6.08. The van der Waals surface area contributed by atoms with Crippen LogP contribution in [-0.2, 0) is 11.0 Å². The highest BCUT2D eigenvalue weighted by molar-refractivity contribution is 6.01. The van der Waals surface area contributed by atoms with E-state index in [2.05, 4.69) is 17.1 Å². The van der Waals surface area contributed by atoms with Crippen LogP contribution in [0.1, 0.15) is 16.9 Å². The summed E-state index contributed by atoms with van der Waals surface area (Å²) in [4.78, 5) is 11.4. The van der Waals surface area contributed by atoms with Crippen LogP contribution in [0.25, 0.3) is 11.1 Å². The predicted molar refractivity (Wildman–Crippen MR) is 76.9 cm³/mol. The third kappa shape index (κ3) is 2.94. The van der Waals surface area contributed by atoms with Gasteiger partial charge in [-0.2, -0.15) is 18.4 Å². The first-order chi connectivity index (χ1) is 11.2. The molecule has 0 spiro atoms. The minimum absolute atomic E-state index is 0.00638. The van der Waals surface area contributed by atoms with Gasteiger partial charge in [-0.25, -0.2) is 0 Å². The van der Waals surface area contributed by atoms with Crippen LogP contribution in [0.4, 0.5) is 18.9 Å². The normalized spacial score (nSPS) is 11.0. The van der Waals surface area contributed by atoms with Gasteiger partial charge in [0.15, 0.2) is 0 Å². The molecule has 0 unspecified atom stereocenters. The van der Waals surface area contributed by atoms with Crippen molar-refractivity contribution < 1.29 is 27.6 Å². The Morgan fingerprint density at radius 2 is 2.21 bits per heavy atom. The van der Waals surface area contributed by atoms with E-state index in [1.54, 1.807) is 0 Å². The first kappa shape index (κ1) is 17.1. The van der Waals surface area contributed by atoms with Gasteiger partial charge < -0.3 is 14.9 Å². The number of halogens is 3. The molecule has 1 amide bonds. The predicted octanol–water partition coefficient (Wildman–Crippen LogP) is 3.37. The van der Waals surface area contributed by atoms with Crippen molar-refractivity contribution in [1.82, 2.24) is 5.16 Å². The Morgan fingerprint density at radius 3 is 2.67 bits per heavy atom. The van der Waals surface area contributed by atoms with Gasteiger partial charge in [0, 0.05) is 11.1 Å². The molecule has 2 aromatic rings. The standard InChI is InChI=1S/C15H10F3N3O3/c1-3-11(22)21-10-4-8(5-19)13(15(16,17)18)12(14(10)23)9-6-20-24-7(9)2/h3-4,6,23H,1H2,2H3,(H,21,22). The zero-order valence-corrected chi connectivity index (χ0v) is 12.2. The van der Waals surface area contributed by atoms with E-state index >= 15 is 0 Å². The summed E-state index contributed by atoms with van der Waals surface area (Å²) in [5, 5.41) is 24.9. The molecule has 0 aliphatic carbocycles. The van der Waals surface area contributed by atoms with E-state index in [1.165, 1.54) is 13.0 Å². The Hall–Kier alpha value is -3.28. The number of carbonyl (C=O) groups is 1. The molecule has 24 heavy (non-hydrogen) atoms. The molecule has 1 aromatic heterocycles. The minimum atomic E-state index is -4.93. The fourth-order valence-corrected chi connectivity index (χ4v) is 2.14. The summed E-state index contributed by atoms with van der Waals surface area (Å²) in [5.41, 5.74) is -3.31. The number of hydrogen-bond acceptors (Lipinski definition) is 5. The molecule has 1 aromatic carbocycles. The Morgan fingerprint density at radius 1 is 1.54 bits per heavy atom. The molecule has 1 heterocycles. The molecule has 2 N–H and O–H groups in total. The fourth-order valence-electron chi connectivity index (χ4n) is 2.14. The van der Waals surface area contributed by atoms with E-state index in [9.17, 15) is 23.1 Å². The highest BCUT2D eigenvalue weighted by Gasteiger charge is 2.40. The maximum absolute atomic E-state index is 13.4. The molecule has 9 heteroatoms. The molecule has 2 rings (SSSR count). The van der Waals surface area contributed by atoms with Crippen LogP contribution in [-0.4, -0.2) is 16.2 Å². The van der Waals surface area contributed by atoms with Crippen molar-refractivity contribution in [3.63, 3.8) is 0 Å². The van der Waals surface area contributed by atoms with Gasteiger partial charge in [-0.15, -0.1) is 0 Å². The molecule has 0 aliphatic rings. The molecular weight excluding hydrogens is 327 g/mol. The second-order valence-corrected chi connectivity index (χ2v) is 4.67. The largest absolute Gasteiger partial charge is 0.505 e. The van der Waals surface area contributed by atoms with Gasteiger partial charge in [0.1, 0.15) is 11.5 Å². The number of nitrogens with one attached hydrogen (secondary N) is 1. The van der Waals surface area contributed by atoms with Crippen LogP contribution < -0.4 is 5.32 Å². The van der Waals surface area contributed by atoms with E-state index in [1.807, 2.05) is 0 Å². The highest BCUT2D eigenvalue weighted by atomic mass is 19.4. The summed E-state index contributed by atoms with van der Waals surface area (Å²) >= 11 is 0. The van der Waals surface area contributed by atoms with Gasteiger partial charge in [-0.3, -0.25) is 4.79 Å². The van der Waals surface area contributed by atoms with Crippen molar-refractivity contribution >= 4 is 11.6 Å². The Balaban J connectivity index is 2.89. The lowest BCUT2D eigenvalue weighted by molar-refractivity contribution is -0.137. The number of nitrogens with zero attached hydrogens (tertiary/aromatic N) is 2. The SMILES string of the molecule is C=CC(=O)Nc1cc(C#N)c(C(F)(F)F)c(-c2cnoc2C)c1O. The average Bonchev–Trinajstić information content (AvgIpc) is 2.93. The summed E-state index contributed by atoms with van der Waals surface area (Å²) in [7, 11) is 0. The molecule has 0 fully saturated rings. The van der Waals surface area contributed by atoms with E-state index in [0.717, 1.165) is 18.3 Å². The summed E-state index contributed by atoms with van der Waals surface area (Å²) in [5.74, 6) is -1.61. The molecule has 0 aliphatic heterocycles. The summed E-state index contributed by atoms with van der Waals surface area (Å²) in [6.45, 7) is 4.56. The summed E-state index contributed by atoms with van der Waals surface area (Å²) in [6, 6.07) is 2.17. The zero-order valence-electron chi connectivity index (χ0n) is 12.2. The molecule has 0 saturated carbocycles. The van der Waals surface area contributed by atoms with Gasteiger partial charge in [-0.05, 0) is 19.1 Å². The van der Waals surface area contributed by atoms with Gasteiger partial charge in [0.25, 0.3) is 0 Å². The van der Waals surface area contributed by atoms with Crippen LogP contribution in [0.5, 0.6) is 5.75 Å². The monoisotopic (exact) mass is 337 g/mol. The molecule has 6 nitrogen and oxygen atoms in total. The number of alkyl halides is 3. The number of aryl methyl sites for hydroxylation is 1. The lowest BCUT2D eigenvalue weighted by Crippen LogP contribution is -2.13. The van der Waals surface area contributed by atoms with E-state index in [0.29, 0.717) is 0 Å². The van der Waals surface area contributed by atoms with Crippen molar-refractivity contribution in [3.05, 3.63) is 41.8 Å². The number of nitriles is 1. The fraction of sp³-hybridized carbons (Fsp3) is 0.133. The van der Waals surface area contributed by atoms with Gasteiger partial charge in [0.2, 0.25) is 5.91 Å². The molecule has 0 bridgehead atoms. The quantitative estimate of drug-likeness (QED) is 0.661. The van der Waals surface area contributed by atoms with Crippen molar-refractivity contribution in [2.24, 2.45) is 0 Å². The Labute approximate surface area is 133 Å². The van der Waals surface area contributed by atoms with Crippen LogP contribution in [0.2, 0.25) is 0 Å². The van der Waals surface area contributed by atoms with E-state index in [-0.39, 0.29) is 17.0 Å². The number of phenolic OH excluding ortho intramolecular Hbond substituents is 1. The number of hydrogen-bond donors (Lipinski definition) is 2. The van der Waals surface area contributed by atoms with Crippen molar-refractivity contribution in [1.29, 1.82) is 5.26 Å².